The van der Waals surface area contributed by atoms with E-state index in [-0.39, 0.29) is 6.09 Å². The fourth-order valence-corrected chi connectivity index (χ4v) is 5.17. The molecule has 124 valence electrons. The summed E-state index contributed by atoms with van der Waals surface area (Å²) in [6, 6.07) is 10.5. The summed E-state index contributed by atoms with van der Waals surface area (Å²) in [6.45, 7) is 12.1. The molecule has 0 saturated heterocycles. The van der Waals surface area contributed by atoms with Gasteiger partial charge in [-0.05, 0) is 52.4 Å². The van der Waals surface area contributed by atoms with Gasteiger partial charge in [-0.25, -0.2) is 4.79 Å². The monoisotopic (exact) mass is 441 g/mol. The Labute approximate surface area is 153 Å². The Morgan fingerprint density at radius 1 is 1.17 bits per heavy atom. The van der Waals surface area contributed by atoms with Crippen molar-refractivity contribution in [2.75, 3.05) is 13.1 Å². The van der Waals surface area contributed by atoms with Crippen molar-refractivity contribution in [3.05, 3.63) is 33.9 Å². The van der Waals surface area contributed by atoms with E-state index in [1.54, 1.807) is 4.90 Å². The predicted molar refractivity (Wildman–Crippen MR) is 109 cm³/mol. The highest BCUT2D eigenvalue weighted by Gasteiger charge is 2.27. The molecule has 5 heteroatoms. The van der Waals surface area contributed by atoms with Gasteiger partial charge in [0.15, 0.2) is 0 Å². The lowest BCUT2D eigenvalue weighted by atomic mass is 10.1. The van der Waals surface area contributed by atoms with Crippen LogP contribution < -0.4 is 9.92 Å². The van der Waals surface area contributed by atoms with Crippen molar-refractivity contribution in [3.63, 3.8) is 0 Å². The number of ether oxygens (including phenoxy) is 1. The molecule has 1 amide bonds. The summed E-state index contributed by atoms with van der Waals surface area (Å²) in [4.78, 5) is 14.2. The van der Waals surface area contributed by atoms with Crippen LogP contribution in [0.5, 0.6) is 5.75 Å². The summed E-state index contributed by atoms with van der Waals surface area (Å²) in [7, 11) is -1.65. The number of hydrogen-bond donors (Lipinski definition) is 0. The van der Waals surface area contributed by atoms with Crippen LogP contribution in [0.4, 0.5) is 4.79 Å². The number of nitrogens with zero attached hydrogens (tertiary/aromatic N) is 1. The molecule has 3 nitrogen and oxygen atoms in total. The lowest BCUT2D eigenvalue weighted by molar-refractivity contribution is 0.157. The Morgan fingerprint density at radius 3 is 2.35 bits per heavy atom. The van der Waals surface area contributed by atoms with Crippen molar-refractivity contribution in [2.24, 2.45) is 0 Å². The molecule has 23 heavy (non-hydrogen) atoms. The van der Waals surface area contributed by atoms with Gasteiger partial charge in [-0.15, -0.1) is 0 Å². The summed E-state index contributed by atoms with van der Waals surface area (Å²) in [5.74, 6) is 0.750. The van der Waals surface area contributed by atoms with Gasteiger partial charge in [-0.1, -0.05) is 50.0 Å². The molecule has 0 aliphatic carbocycles. The quantitative estimate of drug-likeness (QED) is 0.503. The molecule has 0 spiro atoms. The Bertz CT molecular complexity index is 721. The largest absolute Gasteiger partial charge is 0.415 e. The molecule has 0 saturated carbocycles. The van der Waals surface area contributed by atoms with Crippen molar-refractivity contribution in [1.29, 1.82) is 0 Å². The first kappa shape index (κ1) is 18.3. The molecular formula is C18H24INO2Si. The highest BCUT2D eigenvalue weighted by Crippen LogP contribution is 2.30. The standard InChI is InChI=1S/C18H24INO2Si/c1-6-20(7-2)18(21)22-17-15(23(3,4)5)12-13-10-8-9-11-14(13)16(17)19/h8-12H,6-7H2,1-5H3. The molecule has 2 aromatic rings. The van der Waals surface area contributed by atoms with Crippen molar-refractivity contribution in [1.82, 2.24) is 4.90 Å². The minimum atomic E-state index is -1.65. The van der Waals surface area contributed by atoms with Crippen LogP contribution in [0.25, 0.3) is 10.8 Å². The molecule has 2 rings (SSSR count). The number of rotatable bonds is 4. The summed E-state index contributed by atoms with van der Waals surface area (Å²) >= 11 is 2.31. The fraction of sp³-hybridized carbons (Fsp3) is 0.389. The van der Waals surface area contributed by atoms with Crippen molar-refractivity contribution in [3.8, 4) is 5.75 Å². The smallest absolute Gasteiger partial charge is 0.409 e. The van der Waals surface area contributed by atoms with Crippen LogP contribution in [-0.4, -0.2) is 32.2 Å². The molecule has 0 aliphatic rings. The van der Waals surface area contributed by atoms with Gasteiger partial charge >= 0.3 is 6.09 Å². The normalized spacial score (nSPS) is 11.6. The van der Waals surface area contributed by atoms with E-state index in [1.807, 2.05) is 26.0 Å². The minimum absolute atomic E-state index is 0.261. The van der Waals surface area contributed by atoms with E-state index in [1.165, 1.54) is 10.6 Å². The first-order chi connectivity index (χ1) is 10.8. The van der Waals surface area contributed by atoms with Crippen LogP contribution in [0.1, 0.15) is 13.8 Å². The lowest BCUT2D eigenvalue weighted by Gasteiger charge is -2.25. The van der Waals surface area contributed by atoms with Crippen molar-refractivity contribution in [2.45, 2.75) is 33.5 Å². The lowest BCUT2D eigenvalue weighted by Crippen LogP contribution is -2.41. The van der Waals surface area contributed by atoms with Gasteiger partial charge in [0.1, 0.15) is 5.75 Å². The van der Waals surface area contributed by atoms with E-state index in [2.05, 4.69) is 60.4 Å². The van der Waals surface area contributed by atoms with Crippen molar-refractivity contribution >= 4 is 52.7 Å². The predicted octanol–water partition coefficient (Wildman–Crippen LogP) is 4.83. The number of benzene rings is 2. The SMILES string of the molecule is CCN(CC)C(=O)Oc1c([Si](C)(C)C)cc2ccccc2c1I. The van der Waals surface area contributed by atoms with Gasteiger partial charge in [-0.3, -0.25) is 0 Å². The Morgan fingerprint density at radius 2 is 1.78 bits per heavy atom. The second-order valence-corrected chi connectivity index (χ2v) is 12.7. The van der Waals surface area contributed by atoms with E-state index >= 15 is 0 Å². The van der Waals surface area contributed by atoms with Crippen LogP contribution in [0.3, 0.4) is 0 Å². The molecule has 0 bridgehead atoms. The maximum Gasteiger partial charge on any atom is 0.415 e. The van der Waals surface area contributed by atoms with E-state index in [0.717, 1.165) is 14.7 Å². The number of halogens is 1. The molecule has 0 heterocycles. The Balaban J connectivity index is 2.60. The molecule has 0 unspecified atom stereocenters. The maximum atomic E-state index is 12.5. The summed E-state index contributed by atoms with van der Waals surface area (Å²) < 4.78 is 6.90. The Kier molecular flexibility index (Phi) is 5.73. The minimum Gasteiger partial charge on any atom is -0.409 e. The molecule has 0 aromatic heterocycles. The maximum absolute atomic E-state index is 12.5. The number of hydrogen-bond acceptors (Lipinski definition) is 2. The van der Waals surface area contributed by atoms with Crippen LogP contribution in [0, 0.1) is 3.57 Å². The number of carbonyl (C=O) groups excluding carboxylic acids is 1. The fourth-order valence-electron chi connectivity index (χ4n) is 2.57. The first-order valence-corrected chi connectivity index (χ1v) is 12.6. The van der Waals surface area contributed by atoms with Gasteiger partial charge in [0.05, 0.1) is 11.6 Å². The zero-order chi connectivity index (χ0) is 17.2. The van der Waals surface area contributed by atoms with Gasteiger partial charge in [0.2, 0.25) is 0 Å². The van der Waals surface area contributed by atoms with E-state index in [9.17, 15) is 4.79 Å². The van der Waals surface area contributed by atoms with Crippen LogP contribution in [0.2, 0.25) is 19.6 Å². The topological polar surface area (TPSA) is 29.5 Å². The molecule has 0 radical (unpaired) electrons. The average molecular weight is 441 g/mol. The van der Waals surface area contributed by atoms with Gasteiger partial charge in [-0.2, -0.15) is 0 Å². The number of carbonyl (C=O) groups is 1. The van der Waals surface area contributed by atoms with Gasteiger partial charge in [0, 0.05) is 13.1 Å². The summed E-state index contributed by atoms with van der Waals surface area (Å²) in [6.07, 6.45) is -0.261. The van der Waals surface area contributed by atoms with Gasteiger partial charge in [0.25, 0.3) is 0 Å². The first-order valence-electron chi connectivity index (χ1n) is 7.98. The average Bonchev–Trinajstić information content (AvgIpc) is 2.50. The molecule has 0 aliphatic heterocycles. The zero-order valence-corrected chi connectivity index (χ0v) is 17.6. The number of amides is 1. The molecule has 2 aromatic carbocycles. The van der Waals surface area contributed by atoms with Crippen molar-refractivity contribution < 1.29 is 9.53 Å². The highest BCUT2D eigenvalue weighted by atomic mass is 127. The van der Waals surface area contributed by atoms with Gasteiger partial charge < -0.3 is 9.64 Å². The van der Waals surface area contributed by atoms with E-state index in [0.29, 0.717) is 13.1 Å². The second kappa shape index (κ2) is 7.21. The molecule has 0 N–H and O–H groups in total. The zero-order valence-electron chi connectivity index (χ0n) is 14.4. The van der Waals surface area contributed by atoms with Crippen LogP contribution in [0.15, 0.2) is 30.3 Å². The Hall–Kier alpha value is -1.08. The third-order valence-corrected chi connectivity index (χ3v) is 7.02. The second-order valence-electron chi connectivity index (χ2n) is 6.58. The van der Waals surface area contributed by atoms with E-state index in [4.69, 9.17) is 4.74 Å². The van der Waals surface area contributed by atoms with E-state index < -0.39 is 8.07 Å². The molecule has 0 fully saturated rings. The third kappa shape index (κ3) is 3.88. The summed E-state index contributed by atoms with van der Waals surface area (Å²) in [5, 5.41) is 3.54. The molecular weight excluding hydrogens is 417 g/mol. The van der Waals surface area contributed by atoms with Crippen LogP contribution in [-0.2, 0) is 0 Å². The third-order valence-electron chi connectivity index (χ3n) is 3.96. The van der Waals surface area contributed by atoms with Crippen LogP contribution >= 0.6 is 22.6 Å². The summed E-state index contributed by atoms with van der Waals surface area (Å²) in [5.41, 5.74) is 0. The number of fused-ring (bicyclic) bond motifs is 1. The molecule has 0 atom stereocenters. The highest BCUT2D eigenvalue weighted by molar-refractivity contribution is 14.1.